The summed E-state index contributed by atoms with van der Waals surface area (Å²) in [5.41, 5.74) is 3.69. The topological polar surface area (TPSA) is 61.6 Å². The number of benzene rings is 2. The second-order valence-electron chi connectivity index (χ2n) is 8.68. The molecule has 7 nitrogen and oxygen atoms in total. The maximum absolute atomic E-state index is 5.94. The van der Waals surface area contributed by atoms with Gasteiger partial charge in [0, 0.05) is 24.5 Å². The van der Waals surface area contributed by atoms with Crippen LogP contribution >= 0.6 is 11.8 Å². The zero-order valence-corrected chi connectivity index (χ0v) is 21.3. The van der Waals surface area contributed by atoms with Gasteiger partial charge < -0.3 is 18.8 Å². The Morgan fingerprint density at radius 3 is 2.62 bits per heavy atom. The lowest BCUT2D eigenvalue weighted by Crippen LogP contribution is -2.23. The van der Waals surface area contributed by atoms with Crippen LogP contribution in [0.3, 0.4) is 0 Å². The molecule has 1 atom stereocenters. The van der Waals surface area contributed by atoms with E-state index in [4.69, 9.17) is 14.2 Å². The molecule has 8 heteroatoms. The van der Waals surface area contributed by atoms with Crippen molar-refractivity contribution in [2.45, 2.75) is 56.4 Å². The molecule has 0 amide bonds. The summed E-state index contributed by atoms with van der Waals surface area (Å²) in [6, 6.07) is 14.5. The van der Waals surface area contributed by atoms with E-state index in [0.29, 0.717) is 13.1 Å². The molecule has 34 heavy (non-hydrogen) atoms. The molecule has 1 aromatic heterocycles. The van der Waals surface area contributed by atoms with Crippen LogP contribution in [-0.4, -0.2) is 53.6 Å². The van der Waals surface area contributed by atoms with Gasteiger partial charge in [0.2, 0.25) is 0 Å². The SMILES string of the molecule is COc1cccc(CN(C)Cc2nnc(SCc3ccccc3C)n2CC2CCCO2)c1OC. The maximum Gasteiger partial charge on any atom is 0.191 e. The number of para-hydroxylation sites is 1. The molecule has 2 heterocycles. The minimum atomic E-state index is 0.219. The van der Waals surface area contributed by atoms with E-state index in [9.17, 15) is 0 Å². The van der Waals surface area contributed by atoms with Crippen LogP contribution in [0.4, 0.5) is 0 Å². The van der Waals surface area contributed by atoms with Crippen LogP contribution in [-0.2, 0) is 30.1 Å². The molecule has 3 aromatic rings. The lowest BCUT2D eigenvalue weighted by atomic mass is 10.1. The minimum Gasteiger partial charge on any atom is -0.493 e. The summed E-state index contributed by atoms with van der Waals surface area (Å²) >= 11 is 1.74. The molecule has 0 spiro atoms. The molecule has 1 aliphatic rings. The molecule has 0 saturated carbocycles. The van der Waals surface area contributed by atoms with E-state index < -0.39 is 0 Å². The second-order valence-corrected chi connectivity index (χ2v) is 9.63. The lowest BCUT2D eigenvalue weighted by Gasteiger charge is -2.20. The van der Waals surface area contributed by atoms with Crippen molar-refractivity contribution in [3.05, 3.63) is 65.0 Å². The van der Waals surface area contributed by atoms with Crippen molar-refractivity contribution in [3.63, 3.8) is 0 Å². The second kappa shape index (κ2) is 11.7. The average molecular weight is 483 g/mol. The summed E-state index contributed by atoms with van der Waals surface area (Å²) in [7, 11) is 5.43. The third-order valence-corrected chi connectivity index (χ3v) is 7.17. The van der Waals surface area contributed by atoms with Crippen molar-refractivity contribution in [1.29, 1.82) is 0 Å². The summed E-state index contributed by atoms with van der Waals surface area (Å²) in [6.07, 6.45) is 2.41. The highest BCUT2D eigenvalue weighted by atomic mass is 32.2. The Morgan fingerprint density at radius 1 is 1.06 bits per heavy atom. The third-order valence-electron chi connectivity index (χ3n) is 6.16. The Kier molecular flexibility index (Phi) is 8.48. The average Bonchev–Trinajstić information content (AvgIpc) is 3.49. The van der Waals surface area contributed by atoms with Gasteiger partial charge >= 0.3 is 0 Å². The molecule has 0 radical (unpaired) electrons. The predicted molar refractivity (Wildman–Crippen MR) is 134 cm³/mol. The van der Waals surface area contributed by atoms with E-state index in [1.165, 1.54) is 11.1 Å². The van der Waals surface area contributed by atoms with Crippen LogP contribution in [0.1, 0.15) is 35.4 Å². The summed E-state index contributed by atoms with van der Waals surface area (Å²) < 4.78 is 19.3. The molecule has 182 valence electrons. The number of ether oxygens (including phenoxy) is 3. The highest BCUT2D eigenvalue weighted by molar-refractivity contribution is 7.98. The minimum absolute atomic E-state index is 0.219. The van der Waals surface area contributed by atoms with Gasteiger partial charge in [-0.05, 0) is 44.0 Å². The fraction of sp³-hybridized carbons (Fsp3) is 0.462. The molecular formula is C26H34N4O3S. The van der Waals surface area contributed by atoms with E-state index in [-0.39, 0.29) is 6.10 Å². The van der Waals surface area contributed by atoms with Crippen LogP contribution in [0.2, 0.25) is 0 Å². The Labute approximate surface area is 206 Å². The lowest BCUT2D eigenvalue weighted by molar-refractivity contribution is 0.0934. The highest BCUT2D eigenvalue weighted by Gasteiger charge is 2.22. The van der Waals surface area contributed by atoms with Gasteiger partial charge in [-0.15, -0.1) is 10.2 Å². The van der Waals surface area contributed by atoms with E-state index >= 15 is 0 Å². The van der Waals surface area contributed by atoms with Crippen molar-refractivity contribution in [1.82, 2.24) is 19.7 Å². The summed E-state index contributed by atoms with van der Waals surface area (Å²) in [6.45, 7) is 5.15. The molecule has 1 aliphatic heterocycles. The van der Waals surface area contributed by atoms with Crippen LogP contribution in [0, 0.1) is 6.92 Å². The fourth-order valence-corrected chi connectivity index (χ4v) is 5.34. The van der Waals surface area contributed by atoms with Crippen LogP contribution in [0.15, 0.2) is 47.6 Å². The van der Waals surface area contributed by atoms with Gasteiger partial charge in [0.25, 0.3) is 0 Å². The van der Waals surface area contributed by atoms with Gasteiger partial charge in [0.15, 0.2) is 16.7 Å². The zero-order valence-electron chi connectivity index (χ0n) is 20.5. The standard InChI is InChI=1S/C26H34N4O3S/c1-19-9-5-6-10-21(19)18-34-26-28-27-24(30(26)16-22-12-8-14-33-22)17-29(2)15-20-11-7-13-23(31-3)25(20)32-4/h5-7,9-11,13,22H,8,12,14-18H2,1-4H3. The molecular weight excluding hydrogens is 448 g/mol. The third kappa shape index (κ3) is 5.92. The quantitative estimate of drug-likeness (QED) is 0.367. The smallest absolute Gasteiger partial charge is 0.191 e. The van der Waals surface area contributed by atoms with Crippen LogP contribution < -0.4 is 9.47 Å². The fourth-order valence-electron chi connectivity index (χ4n) is 4.30. The number of aromatic nitrogens is 3. The first-order chi connectivity index (χ1) is 16.6. The normalized spacial score (nSPS) is 15.7. The number of thioether (sulfide) groups is 1. The molecule has 1 unspecified atom stereocenters. The Morgan fingerprint density at radius 2 is 1.88 bits per heavy atom. The Balaban J connectivity index is 1.50. The van der Waals surface area contributed by atoms with Gasteiger partial charge in [-0.25, -0.2) is 0 Å². The Bertz CT molecular complexity index is 1080. The first-order valence-corrected chi connectivity index (χ1v) is 12.7. The van der Waals surface area contributed by atoms with Gasteiger partial charge in [-0.1, -0.05) is 48.2 Å². The van der Waals surface area contributed by atoms with E-state index in [2.05, 4.69) is 64.0 Å². The molecule has 0 aliphatic carbocycles. The number of hydrogen-bond donors (Lipinski definition) is 0. The zero-order chi connectivity index (χ0) is 23.9. The van der Waals surface area contributed by atoms with Crippen LogP contribution in [0.25, 0.3) is 0 Å². The number of aryl methyl sites for hydroxylation is 1. The first-order valence-electron chi connectivity index (χ1n) is 11.7. The van der Waals surface area contributed by atoms with Crippen molar-refractivity contribution in [2.24, 2.45) is 0 Å². The van der Waals surface area contributed by atoms with Crippen molar-refractivity contribution < 1.29 is 14.2 Å². The first kappa shape index (κ1) is 24.6. The summed E-state index contributed by atoms with van der Waals surface area (Å²) in [5.74, 6) is 3.33. The molecule has 0 N–H and O–H groups in total. The number of methoxy groups -OCH3 is 2. The molecule has 2 aromatic carbocycles. The van der Waals surface area contributed by atoms with E-state index in [1.807, 2.05) is 12.1 Å². The number of nitrogens with zero attached hydrogens (tertiary/aromatic N) is 4. The predicted octanol–water partition coefficient (Wildman–Crippen LogP) is 4.71. The van der Waals surface area contributed by atoms with E-state index in [0.717, 1.165) is 59.8 Å². The monoisotopic (exact) mass is 482 g/mol. The molecule has 4 rings (SSSR count). The highest BCUT2D eigenvalue weighted by Crippen LogP contribution is 2.32. The number of rotatable bonds is 11. The van der Waals surface area contributed by atoms with Crippen molar-refractivity contribution in [3.8, 4) is 11.5 Å². The van der Waals surface area contributed by atoms with E-state index in [1.54, 1.807) is 26.0 Å². The van der Waals surface area contributed by atoms with Crippen molar-refractivity contribution >= 4 is 11.8 Å². The Hall–Kier alpha value is -2.55. The molecule has 0 bridgehead atoms. The molecule has 1 saturated heterocycles. The largest absolute Gasteiger partial charge is 0.493 e. The van der Waals surface area contributed by atoms with Crippen LogP contribution in [0.5, 0.6) is 11.5 Å². The van der Waals surface area contributed by atoms with Gasteiger partial charge in [0.05, 0.1) is 33.4 Å². The summed E-state index contributed by atoms with van der Waals surface area (Å²) in [4.78, 5) is 2.23. The van der Waals surface area contributed by atoms with Crippen molar-refractivity contribution in [2.75, 3.05) is 27.9 Å². The maximum atomic E-state index is 5.94. The summed E-state index contributed by atoms with van der Waals surface area (Å²) in [5, 5.41) is 10.1. The van der Waals surface area contributed by atoms with Gasteiger partial charge in [0.1, 0.15) is 5.82 Å². The van der Waals surface area contributed by atoms with Gasteiger partial charge in [-0.3, -0.25) is 4.90 Å². The molecule has 1 fully saturated rings. The van der Waals surface area contributed by atoms with Gasteiger partial charge in [-0.2, -0.15) is 0 Å². The number of hydrogen-bond acceptors (Lipinski definition) is 7.